The van der Waals surface area contributed by atoms with Gasteiger partial charge in [-0.3, -0.25) is 5.32 Å². The molecule has 19 heavy (non-hydrogen) atoms. The van der Waals surface area contributed by atoms with E-state index < -0.39 is 6.09 Å². The fourth-order valence-electron chi connectivity index (χ4n) is 1.46. The molecule has 0 heterocycles. The summed E-state index contributed by atoms with van der Waals surface area (Å²) in [6.07, 6.45) is -0.576. The van der Waals surface area contributed by atoms with Gasteiger partial charge in [0, 0.05) is 5.02 Å². The molecule has 0 bridgehead atoms. The largest absolute Gasteiger partial charge is 0.444 e. The summed E-state index contributed by atoms with van der Waals surface area (Å²) in [7, 11) is 0. The Morgan fingerprint density at radius 3 is 2.58 bits per heavy atom. The first-order valence-corrected chi connectivity index (χ1v) is 6.33. The highest BCUT2D eigenvalue weighted by Gasteiger charge is 2.07. The lowest BCUT2D eigenvalue weighted by molar-refractivity contribution is 0.155. The number of ether oxygens (including phenoxy) is 1. The van der Waals surface area contributed by atoms with E-state index in [-0.39, 0.29) is 6.61 Å². The van der Waals surface area contributed by atoms with Gasteiger partial charge in [0.15, 0.2) is 0 Å². The van der Waals surface area contributed by atoms with Gasteiger partial charge in [-0.15, -0.1) is 0 Å². The van der Waals surface area contributed by atoms with Crippen LogP contribution in [-0.4, -0.2) is 6.09 Å². The molecule has 0 aliphatic heterocycles. The molecule has 3 nitrogen and oxygen atoms in total. The summed E-state index contributed by atoms with van der Waals surface area (Å²) in [5, 5.41) is 3.44. The summed E-state index contributed by atoms with van der Waals surface area (Å²) in [4.78, 5) is 11.6. The smallest absolute Gasteiger partial charge is 0.412 e. The van der Waals surface area contributed by atoms with Gasteiger partial charge in [-0.25, -0.2) is 4.79 Å². The van der Waals surface area contributed by atoms with Crippen molar-refractivity contribution in [2.24, 2.45) is 0 Å². The van der Waals surface area contributed by atoms with Crippen LogP contribution in [0.4, 0.5) is 10.5 Å². The Morgan fingerprint density at radius 2 is 1.84 bits per heavy atom. The molecular weight excluding hydrogens is 285 g/mol. The van der Waals surface area contributed by atoms with Gasteiger partial charge in [-0.05, 0) is 23.8 Å². The monoisotopic (exact) mass is 295 g/mol. The minimum Gasteiger partial charge on any atom is -0.444 e. The van der Waals surface area contributed by atoms with Crippen molar-refractivity contribution in [2.75, 3.05) is 5.32 Å². The van der Waals surface area contributed by atoms with Gasteiger partial charge < -0.3 is 4.74 Å². The first-order valence-electron chi connectivity index (χ1n) is 5.58. The van der Waals surface area contributed by atoms with E-state index in [1.54, 1.807) is 18.2 Å². The van der Waals surface area contributed by atoms with Crippen LogP contribution in [0.5, 0.6) is 0 Å². The molecule has 0 saturated carbocycles. The molecule has 0 aliphatic carbocycles. The number of rotatable bonds is 3. The van der Waals surface area contributed by atoms with Crippen molar-refractivity contribution in [1.29, 1.82) is 0 Å². The molecule has 1 N–H and O–H groups in total. The summed E-state index contributed by atoms with van der Waals surface area (Å²) in [6, 6.07) is 14.2. The number of anilines is 1. The maximum absolute atomic E-state index is 11.6. The maximum atomic E-state index is 11.6. The van der Waals surface area contributed by atoms with E-state index in [0.717, 1.165) is 5.56 Å². The summed E-state index contributed by atoms with van der Waals surface area (Å²) in [5.41, 5.74) is 1.34. The van der Waals surface area contributed by atoms with Crippen molar-refractivity contribution in [3.05, 3.63) is 64.1 Å². The first kappa shape index (κ1) is 13.7. The second-order valence-corrected chi connectivity index (χ2v) is 4.65. The third-order valence-electron chi connectivity index (χ3n) is 2.38. The Balaban J connectivity index is 1.93. The minimum atomic E-state index is -0.576. The van der Waals surface area contributed by atoms with E-state index in [4.69, 9.17) is 27.9 Å². The second kappa shape index (κ2) is 6.45. The Morgan fingerprint density at radius 1 is 1.11 bits per heavy atom. The number of hydrogen-bond donors (Lipinski definition) is 1. The molecule has 1 amide bonds. The Kier molecular flexibility index (Phi) is 4.66. The van der Waals surface area contributed by atoms with E-state index in [2.05, 4.69) is 5.32 Å². The zero-order valence-electron chi connectivity index (χ0n) is 9.90. The van der Waals surface area contributed by atoms with Crippen LogP contribution in [0.1, 0.15) is 5.56 Å². The fraction of sp³-hybridized carbons (Fsp3) is 0.0714. The van der Waals surface area contributed by atoms with Crippen LogP contribution < -0.4 is 5.32 Å². The van der Waals surface area contributed by atoms with Gasteiger partial charge in [0.2, 0.25) is 0 Å². The van der Waals surface area contributed by atoms with Crippen molar-refractivity contribution < 1.29 is 9.53 Å². The van der Waals surface area contributed by atoms with E-state index in [0.29, 0.717) is 15.7 Å². The lowest BCUT2D eigenvalue weighted by Gasteiger charge is -2.08. The quantitative estimate of drug-likeness (QED) is 0.888. The highest BCUT2D eigenvalue weighted by molar-refractivity contribution is 6.35. The van der Waals surface area contributed by atoms with Crippen LogP contribution >= 0.6 is 23.2 Å². The SMILES string of the molecule is O=C(Nc1cc(Cl)ccc1Cl)OCc1ccccc1. The van der Waals surface area contributed by atoms with Crippen molar-refractivity contribution in [3.63, 3.8) is 0 Å². The molecule has 0 radical (unpaired) electrons. The van der Waals surface area contributed by atoms with Crippen LogP contribution in [0.2, 0.25) is 10.0 Å². The van der Waals surface area contributed by atoms with Gasteiger partial charge in [-0.1, -0.05) is 53.5 Å². The molecule has 0 spiro atoms. The van der Waals surface area contributed by atoms with Crippen LogP contribution in [0.3, 0.4) is 0 Å². The minimum absolute atomic E-state index is 0.199. The Bertz CT molecular complexity index is 573. The van der Waals surface area contributed by atoms with Crippen molar-refractivity contribution in [2.45, 2.75) is 6.61 Å². The molecule has 0 aromatic heterocycles. The molecular formula is C14H11Cl2NO2. The zero-order chi connectivity index (χ0) is 13.7. The number of carbonyl (C=O) groups is 1. The number of carbonyl (C=O) groups excluding carboxylic acids is 1. The summed E-state index contributed by atoms with van der Waals surface area (Å²) in [6.45, 7) is 0.199. The fourth-order valence-corrected chi connectivity index (χ4v) is 1.80. The normalized spacial score (nSPS) is 10.0. The topological polar surface area (TPSA) is 38.3 Å². The predicted molar refractivity (Wildman–Crippen MR) is 76.7 cm³/mol. The summed E-state index contributed by atoms with van der Waals surface area (Å²) < 4.78 is 5.08. The van der Waals surface area contributed by atoms with E-state index in [9.17, 15) is 4.79 Å². The molecule has 0 fully saturated rings. The van der Waals surface area contributed by atoms with Crippen LogP contribution in [0, 0.1) is 0 Å². The van der Waals surface area contributed by atoms with E-state index >= 15 is 0 Å². The van der Waals surface area contributed by atoms with Crippen molar-refractivity contribution in [3.8, 4) is 0 Å². The van der Waals surface area contributed by atoms with Gasteiger partial charge in [0.05, 0.1) is 10.7 Å². The average molecular weight is 296 g/mol. The lowest BCUT2D eigenvalue weighted by Crippen LogP contribution is -2.13. The third-order valence-corrected chi connectivity index (χ3v) is 2.94. The molecule has 0 unspecified atom stereocenters. The number of amides is 1. The maximum Gasteiger partial charge on any atom is 0.412 e. The van der Waals surface area contributed by atoms with Crippen LogP contribution in [0.25, 0.3) is 0 Å². The Labute approximate surface area is 121 Å². The van der Waals surface area contributed by atoms with E-state index in [1.807, 2.05) is 30.3 Å². The van der Waals surface area contributed by atoms with Crippen molar-refractivity contribution >= 4 is 35.0 Å². The second-order valence-electron chi connectivity index (χ2n) is 3.81. The summed E-state index contributed by atoms with van der Waals surface area (Å²) >= 11 is 11.8. The van der Waals surface area contributed by atoms with Gasteiger partial charge in [0.25, 0.3) is 0 Å². The lowest BCUT2D eigenvalue weighted by atomic mass is 10.2. The molecule has 5 heteroatoms. The van der Waals surface area contributed by atoms with Crippen LogP contribution in [-0.2, 0) is 11.3 Å². The van der Waals surface area contributed by atoms with Crippen LogP contribution in [0.15, 0.2) is 48.5 Å². The van der Waals surface area contributed by atoms with Gasteiger partial charge in [-0.2, -0.15) is 0 Å². The molecule has 2 aromatic rings. The zero-order valence-corrected chi connectivity index (χ0v) is 11.4. The summed E-state index contributed by atoms with van der Waals surface area (Å²) in [5.74, 6) is 0. The van der Waals surface area contributed by atoms with E-state index in [1.165, 1.54) is 0 Å². The predicted octanol–water partition coefficient (Wildman–Crippen LogP) is 4.74. The molecule has 0 aliphatic rings. The molecule has 0 saturated heterocycles. The highest BCUT2D eigenvalue weighted by atomic mass is 35.5. The number of nitrogens with one attached hydrogen (secondary N) is 1. The number of hydrogen-bond acceptors (Lipinski definition) is 2. The van der Waals surface area contributed by atoms with Crippen molar-refractivity contribution in [1.82, 2.24) is 0 Å². The first-order chi connectivity index (χ1) is 9.15. The number of benzene rings is 2. The van der Waals surface area contributed by atoms with Gasteiger partial charge in [0.1, 0.15) is 6.61 Å². The molecule has 2 aromatic carbocycles. The Hall–Kier alpha value is -1.71. The average Bonchev–Trinajstić information content (AvgIpc) is 2.42. The molecule has 98 valence electrons. The molecule has 0 atom stereocenters. The molecule has 2 rings (SSSR count). The van der Waals surface area contributed by atoms with Gasteiger partial charge >= 0.3 is 6.09 Å². The third kappa shape index (κ3) is 4.16. The number of halogens is 2. The standard InChI is InChI=1S/C14H11Cl2NO2/c15-11-6-7-12(16)13(8-11)17-14(18)19-9-10-4-2-1-3-5-10/h1-8H,9H2,(H,17,18). The highest BCUT2D eigenvalue weighted by Crippen LogP contribution is 2.25.